The second-order valence-corrected chi connectivity index (χ2v) is 24.4. The largest absolute Gasteiger partial charge is 0.466 e. The Hall–Kier alpha value is 0.210. The molecule has 0 spiro atoms. The van der Waals surface area contributed by atoms with Gasteiger partial charge in [0.25, 0.3) is 0 Å². The van der Waals surface area contributed by atoms with Crippen LogP contribution in [-0.2, 0) is 19.1 Å². The summed E-state index contributed by atoms with van der Waals surface area (Å²) >= 11 is 7.96. The highest BCUT2D eigenvalue weighted by molar-refractivity contribution is 8.14. The molecule has 10 fully saturated rings. The maximum atomic E-state index is 12.7. The van der Waals surface area contributed by atoms with Crippen LogP contribution in [0.15, 0.2) is 0 Å². The van der Waals surface area contributed by atoms with Crippen LogP contribution < -0.4 is 0 Å². The number of rotatable bonds is 14. The van der Waals surface area contributed by atoms with Crippen LogP contribution in [0.5, 0.6) is 0 Å². The van der Waals surface area contributed by atoms with E-state index < -0.39 is 0 Å². The number of ketones is 1. The summed E-state index contributed by atoms with van der Waals surface area (Å²) in [6.07, 6.45) is 19.1. The van der Waals surface area contributed by atoms with Crippen LogP contribution in [0.25, 0.3) is 0 Å². The van der Waals surface area contributed by atoms with Crippen LogP contribution in [0, 0.1) is 94.7 Å². The molecule has 50 heavy (non-hydrogen) atoms. The van der Waals surface area contributed by atoms with Gasteiger partial charge < -0.3 is 4.74 Å². The number of hydrogen-bond donors (Lipinski definition) is 0. The average Bonchev–Trinajstić information content (AvgIpc) is 3.91. The van der Waals surface area contributed by atoms with Crippen molar-refractivity contribution >= 4 is 63.9 Å². The lowest BCUT2D eigenvalue weighted by molar-refractivity contribution is -0.143. The van der Waals surface area contributed by atoms with Gasteiger partial charge in [-0.15, -0.1) is 0 Å². The van der Waals surface area contributed by atoms with Crippen LogP contribution in [0.1, 0.15) is 96.8 Å². The van der Waals surface area contributed by atoms with E-state index in [0.29, 0.717) is 48.4 Å². The monoisotopic (exact) mass is 756 g/mol. The van der Waals surface area contributed by atoms with Gasteiger partial charge in [-0.3, -0.25) is 14.4 Å². The van der Waals surface area contributed by atoms with Crippen molar-refractivity contribution in [2.24, 2.45) is 94.7 Å². The van der Waals surface area contributed by atoms with Gasteiger partial charge in [-0.05, 0) is 172 Å². The fourth-order valence-corrected chi connectivity index (χ4v) is 21.7. The number of Topliss-reactive ketones (excluding diaryl/α,β-unsaturated/α-hetero) is 1. The molecule has 0 aromatic rings. The molecule has 10 saturated carbocycles. The molecule has 20 atom stereocenters. The number of hydrogen-bond acceptors (Lipinski definition) is 8. The zero-order valence-electron chi connectivity index (χ0n) is 30.3. The van der Waals surface area contributed by atoms with E-state index in [4.69, 9.17) is 4.74 Å². The number of thioether (sulfide) groups is 4. The Morgan fingerprint density at radius 2 is 1.12 bits per heavy atom. The highest BCUT2D eigenvalue weighted by Gasteiger charge is 2.70. The van der Waals surface area contributed by atoms with E-state index in [1.165, 1.54) is 51.4 Å². The normalized spacial score (nSPS) is 52.1. The molecule has 276 valence electrons. The van der Waals surface area contributed by atoms with E-state index in [0.717, 1.165) is 122 Å². The van der Waals surface area contributed by atoms with Gasteiger partial charge in [0, 0.05) is 52.3 Å². The Morgan fingerprint density at radius 3 is 1.74 bits per heavy atom. The summed E-state index contributed by atoms with van der Waals surface area (Å²) in [5.74, 6) is 17.8. The summed E-state index contributed by atoms with van der Waals surface area (Å²) in [7, 11) is 0. The first kappa shape index (κ1) is 34.7. The first-order valence-electron chi connectivity index (χ1n) is 21.0. The Kier molecular flexibility index (Phi) is 9.54. The van der Waals surface area contributed by atoms with E-state index >= 15 is 0 Å². The van der Waals surface area contributed by atoms with Crippen molar-refractivity contribution in [2.75, 3.05) is 24.4 Å². The molecule has 10 aliphatic rings. The molecular formula is C42H60O4S4. The Labute approximate surface area is 318 Å². The van der Waals surface area contributed by atoms with Gasteiger partial charge >= 0.3 is 5.97 Å². The summed E-state index contributed by atoms with van der Waals surface area (Å²) in [5, 5.41) is 3.36. The third kappa shape index (κ3) is 5.71. The molecule has 0 aromatic carbocycles. The van der Waals surface area contributed by atoms with E-state index in [1.54, 1.807) is 31.5 Å². The lowest BCUT2D eigenvalue weighted by atomic mass is 9.64. The van der Waals surface area contributed by atoms with E-state index in [1.807, 2.05) is 0 Å². The first-order valence-corrected chi connectivity index (χ1v) is 25.2. The maximum absolute atomic E-state index is 12.7. The van der Waals surface area contributed by atoms with Crippen LogP contribution in [0.3, 0.4) is 0 Å². The molecule has 0 radical (unpaired) electrons. The van der Waals surface area contributed by atoms with Crippen LogP contribution in [0.2, 0.25) is 0 Å². The van der Waals surface area contributed by atoms with Crippen molar-refractivity contribution in [1.29, 1.82) is 0 Å². The van der Waals surface area contributed by atoms with E-state index in [-0.39, 0.29) is 5.97 Å². The van der Waals surface area contributed by atoms with E-state index in [9.17, 15) is 14.4 Å². The predicted molar refractivity (Wildman–Crippen MR) is 208 cm³/mol. The molecule has 0 aliphatic heterocycles. The molecule has 4 nitrogen and oxygen atoms in total. The standard InChI is InChI=1S/C42H60O4S4/c1-20(43)50-25-16-28-29(17-25)33-19-31(28)40-22-11-35(42(33)40)37(13-22)49-8-5-23(44)4-3-7-46-38(45)6-9-48-24-14-26-27(15-24)32-18-30(26)39-21-10-34(41(32)39)36(12-21)47-2/h21-22,24-37,39-42H,3-19H2,1-2H3. The van der Waals surface area contributed by atoms with Crippen molar-refractivity contribution in [3.63, 3.8) is 0 Å². The van der Waals surface area contributed by atoms with Gasteiger partial charge in [0.1, 0.15) is 5.78 Å². The minimum atomic E-state index is -0.0692. The molecule has 0 aromatic heterocycles. The summed E-state index contributed by atoms with van der Waals surface area (Å²) < 4.78 is 5.59. The fraction of sp³-hybridized carbons (Fsp3) is 0.929. The topological polar surface area (TPSA) is 60.4 Å². The first-order chi connectivity index (χ1) is 24.4. The van der Waals surface area contributed by atoms with Gasteiger partial charge in [-0.2, -0.15) is 35.3 Å². The SMILES string of the molecule is CSC1CC2CC1C1C3CC(C4CC(SCCC(=O)OCCCC(=O)CCSC5CC6CC5C5C7CC(C8CC(SC(C)=O)CC87)C65)CC43)C21. The quantitative estimate of drug-likeness (QED) is 0.0989. The van der Waals surface area contributed by atoms with Crippen molar-refractivity contribution in [1.82, 2.24) is 0 Å². The predicted octanol–water partition coefficient (Wildman–Crippen LogP) is 9.14. The molecule has 10 aliphatic carbocycles. The van der Waals surface area contributed by atoms with Crippen molar-refractivity contribution < 1.29 is 19.1 Å². The summed E-state index contributed by atoms with van der Waals surface area (Å²) in [5.41, 5.74) is 0. The third-order valence-corrected chi connectivity index (χ3v) is 22.4. The van der Waals surface area contributed by atoms with Gasteiger partial charge in [0.2, 0.25) is 0 Å². The highest BCUT2D eigenvalue weighted by atomic mass is 32.2. The molecule has 0 saturated heterocycles. The van der Waals surface area contributed by atoms with Crippen molar-refractivity contribution in [2.45, 2.75) is 118 Å². The number of fused-ring (bicyclic) bond motifs is 24. The molecule has 0 N–H and O–H groups in total. The molecule has 8 bridgehead atoms. The zero-order valence-corrected chi connectivity index (χ0v) is 33.6. The molecule has 0 amide bonds. The molecule has 0 heterocycles. The lowest BCUT2D eigenvalue weighted by Gasteiger charge is -2.43. The summed E-state index contributed by atoms with van der Waals surface area (Å²) in [6.45, 7) is 2.14. The Morgan fingerprint density at radius 1 is 0.560 bits per heavy atom. The summed E-state index contributed by atoms with van der Waals surface area (Å²) in [6, 6.07) is 0. The Balaban J connectivity index is 0.596. The third-order valence-electron chi connectivity index (χ3n) is 17.5. The van der Waals surface area contributed by atoms with Crippen molar-refractivity contribution in [3.05, 3.63) is 0 Å². The number of esters is 1. The highest BCUT2D eigenvalue weighted by Crippen LogP contribution is 2.75. The lowest BCUT2D eigenvalue weighted by Crippen LogP contribution is -2.39. The molecule has 10 rings (SSSR count). The van der Waals surface area contributed by atoms with Crippen molar-refractivity contribution in [3.8, 4) is 0 Å². The summed E-state index contributed by atoms with van der Waals surface area (Å²) in [4.78, 5) is 37.0. The average molecular weight is 757 g/mol. The second kappa shape index (κ2) is 13.7. The van der Waals surface area contributed by atoms with Crippen LogP contribution >= 0.6 is 47.0 Å². The van der Waals surface area contributed by atoms with Crippen LogP contribution in [0.4, 0.5) is 0 Å². The van der Waals surface area contributed by atoms with Crippen LogP contribution in [-0.4, -0.2) is 62.2 Å². The molecule has 8 heteroatoms. The molecule has 20 unspecified atom stereocenters. The van der Waals surface area contributed by atoms with Gasteiger partial charge in [0.05, 0.1) is 13.0 Å². The number of ether oxygens (including phenoxy) is 1. The van der Waals surface area contributed by atoms with Gasteiger partial charge in [-0.25, -0.2) is 0 Å². The fourth-order valence-electron chi connectivity index (χ4n) is 16.6. The molecular weight excluding hydrogens is 697 g/mol. The minimum absolute atomic E-state index is 0.0692. The van der Waals surface area contributed by atoms with Gasteiger partial charge in [-0.1, -0.05) is 11.8 Å². The van der Waals surface area contributed by atoms with Gasteiger partial charge in [0.15, 0.2) is 5.12 Å². The van der Waals surface area contributed by atoms with E-state index in [2.05, 4.69) is 41.5 Å². The second-order valence-electron chi connectivity index (χ2n) is 19.1. The minimum Gasteiger partial charge on any atom is -0.466 e. The smallest absolute Gasteiger partial charge is 0.306 e. The Bertz CT molecular complexity index is 1360. The maximum Gasteiger partial charge on any atom is 0.306 e. The zero-order chi connectivity index (χ0) is 33.8. The number of carbonyl (C=O) groups excluding carboxylic acids is 3. The number of carbonyl (C=O) groups is 3.